The van der Waals surface area contributed by atoms with Crippen molar-refractivity contribution < 1.29 is 9.59 Å². The highest BCUT2D eigenvalue weighted by molar-refractivity contribution is 6.34. The van der Waals surface area contributed by atoms with Crippen LogP contribution in [0.2, 0.25) is 10.0 Å². The molecule has 1 aromatic rings. The van der Waals surface area contributed by atoms with Crippen molar-refractivity contribution >= 4 is 35.0 Å². The minimum absolute atomic E-state index is 0.0441. The van der Waals surface area contributed by atoms with E-state index in [4.69, 9.17) is 28.9 Å². The van der Waals surface area contributed by atoms with Crippen LogP contribution in [-0.2, 0) is 16.0 Å². The molecule has 2 fully saturated rings. The number of likely N-dealkylation sites (tertiary alicyclic amines) is 1. The normalized spacial score (nSPS) is 22.1. The Morgan fingerprint density at radius 3 is 2.36 bits per heavy atom. The van der Waals surface area contributed by atoms with Crippen molar-refractivity contribution in [2.75, 3.05) is 6.54 Å². The lowest BCUT2D eigenvalue weighted by Crippen LogP contribution is -2.73. The Labute approximate surface area is 139 Å². The molecule has 1 aliphatic carbocycles. The number of primary amides is 1. The number of hydrogen-bond acceptors (Lipinski definition) is 2. The number of aryl methyl sites for hydroxylation is 1. The topological polar surface area (TPSA) is 63.4 Å². The van der Waals surface area contributed by atoms with Crippen LogP contribution in [0.3, 0.4) is 0 Å². The largest absolute Gasteiger partial charge is 0.368 e. The van der Waals surface area contributed by atoms with E-state index in [2.05, 4.69) is 6.42 Å². The van der Waals surface area contributed by atoms with Gasteiger partial charge in [0.1, 0.15) is 6.04 Å². The second-order valence-corrected chi connectivity index (χ2v) is 7.04. The lowest BCUT2D eigenvalue weighted by atomic mass is 9.57. The molecule has 1 aliphatic heterocycles. The zero-order valence-corrected chi connectivity index (χ0v) is 13.5. The number of carbonyl (C=O) groups excluding carboxylic acids is 2. The van der Waals surface area contributed by atoms with Crippen LogP contribution in [-0.4, -0.2) is 29.3 Å². The van der Waals surface area contributed by atoms with Crippen LogP contribution in [0.1, 0.15) is 24.8 Å². The van der Waals surface area contributed by atoms with Crippen LogP contribution in [0.5, 0.6) is 0 Å². The average Bonchev–Trinajstić information content (AvgIpc) is 2.31. The molecule has 2 amide bonds. The van der Waals surface area contributed by atoms with Gasteiger partial charge in [0.15, 0.2) is 0 Å². The summed E-state index contributed by atoms with van der Waals surface area (Å²) in [5, 5.41) is 1.11. The molecular weight excluding hydrogens is 323 g/mol. The molecule has 1 aromatic carbocycles. The average molecular weight is 340 g/mol. The first-order chi connectivity index (χ1) is 10.4. The van der Waals surface area contributed by atoms with E-state index in [9.17, 15) is 9.59 Å². The predicted octanol–water partition coefficient (Wildman–Crippen LogP) is 2.61. The Morgan fingerprint density at radius 2 is 1.86 bits per heavy atom. The summed E-state index contributed by atoms with van der Waals surface area (Å²) >= 11 is 11.9. The first-order valence-corrected chi connectivity index (χ1v) is 8.02. The highest BCUT2D eigenvalue weighted by Crippen LogP contribution is 2.52. The zero-order chi connectivity index (χ0) is 15.9. The number of amides is 2. The molecule has 2 N–H and O–H groups in total. The van der Waals surface area contributed by atoms with Crippen molar-refractivity contribution in [2.24, 2.45) is 11.1 Å². The first kappa shape index (κ1) is 15.6. The molecule has 1 radical (unpaired) electrons. The maximum atomic E-state index is 12.4. The van der Waals surface area contributed by atoms with E-state index in [0.29, 0.717) is 29.4 Å². The molecule has 117 valence electrons. The molecule has 0 aromatic heterocycles. The molecule has 6 heteroatoms. The Morgan fingerprint density at radius 1 is 1.23 bits per heavy atom. The van der Waals surface area contributed by atoms with E-state index in [-0.39, 0.29) is 11.3 Å². The standard InChI is InChI=1S/C16H17Cl2N2O2/c17-11-6-10(7-12(18)8-11)2-3-13(21)20-9-16(4-1-5-16)14(20)15(19)22/h1,6-8,14H,2-5,9H2,(H2,19,22). The van der Waals surface area contributed by atoms with Crippen molar-refractivity contribution in [2.45, 2.75) is 31.7 Å². The summed E-state index contributed by atoms with van der Waals surface area (Å²) in [7, 11) is 0. The molecule has 1 saturated heterocycles. The van der Waals surface area contributed by atoms with Gasteiger partial charge < -0.3 is 10.6 Å². The number of nitrogens with two attached hydrogens (primary N) is 1. The van der Waals surface area contributed by atoms with E-state index in [1.54, 1.807) is 23.1 Å². The first-order valence-electron chi connectivity index (χ1n) is 7.27. The van der Waals surface area contributed by atoms with Crippen molar-refractivity contribution in [1.29, 1.82) is 0 Å². The van der Waals surface area contributed by atoms with Gasteiger partial charge in [0.2, 0.25) is 11.8 Å². The van der Waals surface area contributed by atoms with Gasteiger partial charge in [-0.3, -0.25) is 9.59 Å². The third kappa shape index (κ3) is 2.70. The Kier molecular flexibility index (Phi) is 4.08. The van der Waals surface area contributed by atoms with Crippen LogP contribution in [0.25, 0.3) is 0 Å². The molecule has 1 atom stereocenters. The van der Waals surface area contributed by atoms with E-state index in [1.807, 2.05) is 0 Å². The third-order valence-corrected chi connectivity index (χ3v) is 5.05. The lowest BCUT2D eigenvalue weighted by molar-refractivity contribution is -0.169. The van der Waals surface area contributed by atoms with Gasteiger partial charge >= 0.3 is 0 Å². The second-order valence-electron chi connectivity index (χ2n) is 6.16. The fourth-order valence-corrected chi connectivity index (χ4v) is 4.01. The molecular formula is C16H17Cl2N2O2. The molecule has 22 heavy (non-hydrogen) atoms. The van der Waals surface area contributed by atoms with E-state index in [1.165, 1.54) is 0 Å². The van der Waals surface area contributed by atoms with Gasteiger partial charge in [-0.05, 0) is 49.4 Å². The molecule has 0 bridgehead atoms. The van der Waals surface area contributed by atoms with Crippen LogP contribution in [0.15, 0.2) is 18.2 Å². The fraction of sp³-hybridized carbons (Fsp3) is 0.438. The van der Waals surface area contributed by atoms with Crippen molar-refractivity contribution in [3.05, 3.63) is 40.2 Å². The molecule has 1 spiro atoms. The quantitative estimate of drug-likeness (QED) is 0.916. The van der Waals surface area contributed by atoms with Crippen LogP contribution in [0, 0.1) is 11.8 Å². The van der Waals surface area contributed by atoms with Gasteiger partial charge in [-0.1, -0.05) is 23.2 Å². The van der Waals surface area contributed by atoms with Crippen LogP contribution < -0.4 is 5.73 Å². The summed E-state index contributed by atoms with van der Waals surface area (Å²) in [5.74, 6) is -0.448. The number of carbonyl (C=O) groups is 2. The summed E-state index contributed by atoms with van der Waals surface area (Å²) < 4.78 is 0. The molecule has 4 nitrogen and oxygen atoms in total. The smallest absolute Gasteiger partial charge is 0.240 e. The monoisotopic (exact) mass is 339 g/mol. The Bertz CT molecular complexity index is 608. The highest BCUT2D eigenvalue weighted by Gasteiger charge is 2.59. The Balaban J connectivity index is 1.61. The number of hydrogen-bond donors (Lipinski definition) is 1. The molecule has 1 heterocycles. The summed E-state index contributed by atoms with van der Waals surface area (Å²) in [6, 6.07) is 4.80. The van der Waals surface area contributed by atoms with E-state index in [0.717, 1.165) is 18.4 Å². The Hall–Kier alpha value is -1.26. The van der Waals surface area contributed by atoms with Crippen LogP contribution >= 0.6 is 23.2 Å². The number of halogens is 2. The minimum atomic E-state index is -0.451. The van der Waals surface area contributed by atoms with Gasteiger partial charge in [0.05, 0.1) is 0 Å². The molecule has 3 rings (SSSR count). The SMILES string of the molecule is NC(=O)C1N(C(=O)CCc2cc(Cl)cc(Cl)c2)CC12C[CH]C2. The molecule has 2 aliphatic rings. The maximum absolute atomic E-state index is 12.4. The summed E-state index contributed by atoms with van der Waals surface area (Å²) in [6.07, 6.45) is 4.73. The van der Waals surface area contributed by atoms with Crippen molar-refractivity contribution in [1.82, 2.24) is 4.90 Å². The van der Waals surface area contributed by atoms with Gasteiger partial charge in [-0.2, -0.15) is 0 Å². The van der Waals surface area contributed by atoms with E-state index < -0.39 is 11.9 Å². The van der Waals surface area contributed by atoms with Gasteiger partial charge in [-0.25, -0.2) is 0 Å². The highest BCUT2D eigenvalue weighted by atomic mass is 35.5. The minimum Gasteiger partial charge on any atom is -0.368 e. The lowest BCUT2D eigenvalue weighted by Gasteiger charge is -2.60. The zero-order valence-electron chi connectivity index (χ0n) is 12.0. The number of rotatable bonds is 4. The van der Waals surface area contributed by atoms with Gasteiger partial charge in [0, 0.05) is 28.4 Å². The fourth-order valence-electron chi connectivity index (χ4n) is 3.44. The molecule has 1 unspecified atom stereocenters. The van der Waals surface area contributed by atoms with Crippen molar-refractivity contribution in [3.8, 4) is 0 Å². The number of nitrogens with zero attached hydrogens (tertiary/aromatic N) is 1. The van der Waals surface area contributed by atoms with Gasteiger partial charge in [0.25, 0.3) is 0 Å². The maximum Gasteiger partial charge on any atom is 0.240 e. The summed E-state index contributed by atoms with van der Waals surface area (Å²) in [5.41, 5.74) is 6.30. The molecule has 1 saturated carbocycles. The second kappa shape index (κ2) is 5.74. The van der Waals surface area contributed by atoms with E-state index >= 15 is 0 Å². The van der Waals surface area contributed by atoms with Gasteiger partial charge in [-0.15, -0.1) is 0 Å². The predicted molar refractivity (Wildman–Crippen MR) is 85.4 cm³/mol. The third-order valence-electron chi connectivity index (χ3n) is 4.62. The summed E-state index contributed by atoms with van der Waals surface area (Å²) in [6.45, 7) is 0.631. The summed E-state index contributed by atoms with van der Waals surface area (Å²) in [4.78, 5) is 25.6. The van der Waals surface area contributed by atoms with Crippen LogP contribution in [0.4, 0.5) is 0 Å². The number of benzene rings is 1. The van der Waals surface area contributed by atoms with Crippen molar-refractivity contribution in [3.63, 3.8) is 0 Å².